The van der Waals surface area contributed by atoms with Gasteiger partial charge in [0.25, 0.3) is 0 Å². The first-order valence-corrected chi connectivity index (χ1v) is 8.49. The number of benzene rings is 1. The largest absolute Gasteiger partial charge is 0.372 e. The van der Waals surface area contributed by atoms with Crippen LogP contribution < -0.4 is 15.1 Å². The molecule has 1 aromatic heterocycles. The van der Waals surface area contributed by atoms with Gasteiger partial charge in [-0.15, -0.1) is 0 Å². The topological polar surface area (TPSA) is 44.3 Å². The van der Waals surface area contributed by atoms with Gasteiger partial charge in [0.05, 0.1) is 0 Å². The minimum Gasteiger partial charge on any atom is -0.372 e. The van der Waals surface area contributed by atoms with E-state index in [4.69, 9.17) is 0 Å². The van der Waals surface area contributed by atoms with E-state index in [0.29, 0.717) is 0 Å². The Bertz CT molecular complexity index is 616. The molecule has 5 heteroatoms. The average molecular weight is 311 g/mol. The van der Waals surface area contributed by atoms with E-state index in [1.807, 2.05) is 6.07 Å². The fraction of sp³-hybridized carbons (Fsp3) is 0.444. The van der Waals surface area contributed by atoms with Crippen molar-refractivity contribution in [2.75, 3.05) is 41.3 Å². The van der Waals surface area contributed by atoms with Gasteiger partial charge in [-0.1, -0.05) is 0 Å². The maximum atomic E-state index is 4.36. The van der Waals surface area contributed by atoms with Gasteiger partial charge in [0.1, 0.15) is 18.0 Å². The molecule has 0 saturated carbocycles. The molecule has 0 spiro atoms. The van der Waals surface area contributed by atoms with Crippen LogP contribution >= 0.6 is 0 Å². The molecule has 23 heavy (non-hydrogen) atoms. The van der Waals surface area contributed by atoms with Crippen molar-refractivity contribution in [1.29, 1.82) is 0 Å². The number of hydrogen-bond donors (Lipinski definition) is 1. The number of rotatable bonds is 6. The highest BCUT2D eigenvalue weighted by molar-refractivity contribution is 5.62. The summed E-state index contributed by atoms with van der Waals surface area (Å²) in [4.78, 5) is 13.3. The molecule has 0 amide bonds. The highest BCUT2D eigenvalue weighted by atomic mass is 15.2. The molecule has 1 fully saturated rings. The van der Waals surface area contributed by atoms with Gasteiger partial charge >= 0.3 is 0 Å². The second kappa shape index (κ2) is 7.31. The summed E-state index contributed by atoms with van der Waals surface area (Å²) in [6.45, 7) is 8.50. The number of nitrogens with one attached hydrogen (secondary N) is 1. The van der Waals surface area contributed by atoms with Gasteiger partial charge in [-0.05, 0) is 51.0 Å². The molecule has 5 nitrogen and oxygen atoms in total. The monoisotopic (exact) mass is 311 g/mol. The third-order valence-electron chi connectivity index (χ3n) is 4.35. The Kier molecular flexibility index (Phi) is 4.95. The SMILES string of the molecule is CCN(CC)c1cc(Nc2ccc(N3CCCC3)cc2)ncn1. The van der Waals surface area contributed by atoms with Gasteiger partial charge in [-0.2, -0.15) is 0 Å². The predicted molar refractivity (Wildman–Crippen MR) is 96.8 cm³/mol. The zero-order valence-corrected chi connectivity index (χ0v) is 14.0. The van der Waals surface area contributed by atoms with Crippen molar-refractivity contribution in [3.05, 3.63) is 36.7 Å². The highest BCUT2D eigenvalue weighted by Crippen LogP contribution is 2.24. The van der Waals surface area contributed by atoms with Crippen LogP contribution in [-0.4, -0.2) is 36.1 Å². The molecule has 0 atom stereocenters. The smallest absolute Gasteiger partial charge is 0.135 e. The van der Waals surface area contributed by atoms with E-state index in [9.17, 15) is 0 Å². The number of anilines is 4. The van der Waals surface area contributed by atoms with Crippen molar-refractivity contribution in [2.45, 2.75) is 26.7 Å². The number of aromatic nitrogens is 2. The van der Waals surface area contributed by atoms with Gasteiger partial charge in [-0.3, -0.25) is 0 Å². The van der Waals surface area contributed by atoms with Crippen LogP contribution in [0.2, 0.25) is 0 Å². The molecule has 1 aliphatic rings. The molecule has 122 valence electrons. The fourth-order valence-corrected chi connectivity index (χ4v) is 3.01. The summed E-state index contributed by atoms with van der Waals surface area (Å²) in [6, 6.07) is 10.6. The Morgan fingerprint density at radius 2 is 1.74 bits per heavy atom. The number of hydrogen-bond acceptors (Lipinski definition) is 5. The summed E-state index contributed by atoms with van der Waals surface area (Å²) in [5, 5.41) is 3.37. The van der Waals surface area contributed by atoms with E-state index in [-0.39, 0.29) is 0 Å². The maximum absolute atomic E-state index is 4.36. The summed E-state index contributed by atoms with van der Waals surface area (Å²) >= 11 is 0. The zero-order valence-electron chi connectivity index (χ0n) is 14.0. The lowest BCUT2D eigenvalue weighted by molar-refractivity contribution is 0.842. The molecule has 0 radical (unpaired) electrons. The summed E-state index contributed by atoms with van der Waals surface area (Å²) in [7, 11) is 0. The maximum Gasteiger partial charge on any atom is 0.135 e. The van der Waals surface area contributed by atoms with Crippen molar-refractivity contribution >= 4 is 23.0 Å². The zero-order chi connectivity index (χ0) is 16.1. The Hall–Kier alpha value is -2.30. The standard InChI is InChI=1S/C18H25N5/c1-3-22(4-2)18-13-17(19-14-20-18)21-15-7-9-16(10-8-15)23-11-5-6-12-23/h7-10,13-14H,3-6,11-12H2,1-2H3,(H,19,20,21). The quantitative estimate of drug-likeness (QED) is 0.882. The van der Waals surface area contributed by atoms with Crippen LogP contribution in [0.15, 0.2) is 36.7 Å². The average Bonchev–Trinajstić information content (AvgIpc) is 3.12. The Balaban J connectivity index is 1.70. The van der Waals surface area contributed by atoms with Crippen LogP contribution in [0.25, 0.3) is 0 Å². The van der Waals surface area contributed by atoms with E-state index >= 15 is 0 Å². The summed E-state index contributed by atoms with van der Waals surface area (Å²) < 4.78 is 0. The van der Waals surface area contributed by atoms with Crippen molar-refractivity contribution in [3.8, 4) is 0 Å². The molecule has 0 bridgehead atoms. The predicted octanol–water partition coefficient (Wildman–Crippen LogP) is 3.67. The Morgan fingerprint density at radius 3 is 2.39 bits per heavy atom. The lowest BCUT2D eigenvalue weighted by Crippen LogP contribution is -2.23. The normalized spacial score (nSPS) is 14.1. The minimum absolute atomic E-state index is 0.829. The molecular formula is C18H25N5. The molecule has 1 aromatic carbocycles. The third kappa shape index (κ3) is 3.73. The van der Waals surface area contributed by atoms with Crippen LogP contribution in [0.3, 0.4) is 0 Å². The molecule has 2 heterocycles. The van der Waals surface area contributed by atoms with E-state index < -0.39 is 0 Å². The molecule has 1 aliphatic heterocycles. The highest BCUT2D eigenvalue weighted by Gasteiger charge is 2.12. The fourth-order valence-electron chi connectivity index (χ4n) is 3.01. The van der Waals surface area contributed by atoms with Gasteiger partial charge in [0, 0.05) is 43.6 Å². The summed E-state index contributed by atoms with van der Waals surface area (Å²) in [6.07, 6.45) is 4.22. The van der Waals surface area contributed by atoms with Crippen LogP contribution in [0, 0.1) is 0 Å². The minimum atomic E-state index is 0.829. The third-order valence-corrected chi connectivity index (χ3v) is 4.35. The first-order chi connectivity index (χ1) is 11.3. The Labute approximate surface area is 138 Å². The van der Waals surface area contributed by atoms with Crippen molar-refractivity contribution in [1.82, 2.24) is 9.97 Å². The second-order valence-electron chi connectivity index (χ2n) is 5.80. The first kappa shape index (κ1) is 15.6. The number of nitrogens with zero attached hydrogens (tertiary/aromatic N) is 4. The second-order valence-corrected chi connectivity index (χ2v) is 5.80. The molecule has 0 unspecified atom stereocenters. The van der Waals surface area contributed by atoms with Crippen LogP contribution in [0.1, 0.15) is 26.7 Å². The van der Waals surface area contributed by atoms with Crippen LogP contribution in [-0.2, 0) is 0 Å². The molecule has 0 aliphatic carbocycles. The van der Waals surface area contributed by atoms with E-state index in [1.54, 1.807) is 6.33 Å². The lowest BCUT2D eigenvalue weighted by Gasteiger charge is -2.20. The van der Waals surface area contributed by atoms with E-state index in [1.165, 1.54) is 31.6 Å². The van der Waals surface area contributed by atoms with E-state index in [2.05, 4.69) is 63.2 Å². The Morgan fingerprint density at radius 1 is 1.04 bits per heavy atom. The molecule has 2 aromatic rings. The summed E-state index contributed by atoms with van der Waals surface area (Å²) in [5.74, 6) is 1.79. The summed E-state index contributed by atoms with van der Waals surface area (Å²) in [5.41, 5.74) is 2.36. The first-order valence-electron chi connectivity index (χ1n) is 8.49. The van der Waals surface area contributed by atoms with Crippen molar-refractivity contribution in [2.24, 2.45) is 0 Å². The van der Waals surface area contributed by atoms with Crippen molar-refractivity contribution in [3.63, 3.8) is 0 Å². The van der Waals surface area contributed by atoms with Crippen LogP contribution in [0.5, 0.6) is 0 Å². The molecule has 3 rings (SSSR count). The van der Waals surface area contributed by atoms with Crippen LogP contribution in [0.4, 0.5) is 23.0 Å². The molecule has 1 N–H and O–H groups in total. The van der Waals surface area contributed by atoms with Gasteiger partial charge < -0.3 is 15.1 Å². The molecule has 1 saturated heterocycles. The van der Waals surface area contributed by atoms with Gasteiger partial charge in [0.15, 0.2) is 0 Å². The van der Waals surface area contributed by atoms with Gasteiger partial charge in [0.2, 0.25) is 0 Å². The van der Waals surface area contributed by atoms with E-state index in [0.717, 1.165) is 30.4 Å². The molecular weight excluding hydrogens is 286 g/mol. The van der Waals surface area contributed by atoms with Crippen molar-refractivity contribution < 1.29 is 0 Å². The lowest BCUT2D eigenvalue weighted by atomic mass is 10.2. The van der Waals surface area contributed by atoms with Gasteiger partial charge in [-0.25, -0.2) is 9.97 Å².